The normalized spacial score (nSPS) is 19.2. The maximum atomic E-state index is 11.1. The molecule has 114 valence electrons. The molecule has 1 amide bonds. The molecule has 1 heterocycles. The molecule has 1 aliphatic heterocycles. The Labute approximate surface area is 123 Å². The van der Waals surface area contributed by atoms with E-state index in [0.717, 1.165) is 12.0 Å². The minimum atomic E-state index is 0.0151. The van der Waals surface area contributed by atoms with Crippen molar-refractivity contribution in [2.24, 2.45) is 10.9 Å². The summed E-state index contributed by atoms with van der Waals surface area (Å²) >= 11 is 0. The van der Waals surface area contributed by atoms with Gasteiger partial charge >= 0.3 is 0 Å². The van der Waals surface area contributed by atoms with Crippen LogP contribution >= 0.6 is 0 Å². The van der Waals surface area contributed by atoms with Gasteiger partial charge in [0.25, 0.3) is 0 Å². The van der Waals surface area contributed by atoms with Crippen molar-refractivity contribution in [3.05, 3.63) is 29.3 Å². The van der Waals surface area contributed by atoms with E-state index in [4.69, 9.17) is 15.7 Å². The van der Waals surface area contributed by atoms with Crippen molar-refractivity contribution >= 4 is 11.7 Å². The number of carbonyl (C=O) groups is 1. The molecule has 1 unspecified atom stereocenters. The maximum Gasteiger partial charge on any atom is 0.220 e. The summed E-state index contributed by atoms with van der Waals surface area (Å²) in [5.41, 5.74) is 7.16. The molecule has 0 aromatic heterocycles. The Morgan fingerprint density at radius 3 is 3.05 bits per heavy atom. The zero-order valence-electron chi connectivity index (χ0n) is 11.9. The molecule has 5 N–H and O–H groups in total. The van der Waals surface area contributed by atoms with Crippen LogP contribution in [0.15, 0.2) is 23.4 Å². The van der Waals surface area contributed by atoms with Crippen LogP contribution in [0.3, 0.4) is 0 Å². The van der Waals surface area contributed by atoms with Crippen LogP contribution < -0.4 is 21.1 Å². The lowest BCUT2D eigenvalue weighted by Crippen LogP contribution is -2.45. The molecule has 0 aliphatic carbocycles. The third kappa shape index (κ3) is 3.85. The Kier molecular flexibility index (Phi) is 4.99. The highest BCUT2D eigenvalue weighted by Crippen LogP contribution is 2.20. The van der Waals surface area contributed by atoms with E-state index in [1.165, 1.54) is 7.11 Å². The number of methoxy groups -OCH3 is 1. The first-order valence-corrected chi connectivity index (χ1v) is 6.79. The predicted molar refractivity (Wildman–Crippen MR) is 78.4 cm³/mol. The molecule has 1 aromatic rings. The van der Waals surface area contributed by atoms with Gasteiger partial charge in [-0.1, -0.05) is 11.2 Å². The average Bonchev–Trinajstić information content (AvgIpc) is 2.53. The number of amidine groups is 1. The summed E-state index contributed by atoms with van der Waals surface area (Å²) < 4.78 is 5.26. The van der Waals surface area contributed by atoms with E-state index in [2.05, 4.69) is 15.8 Å². The largest absolute Gasteiger partial charge is 0.496 e. The number of rotatable bonds is 5. The van der Waals surface area contributed by atoms with Crippen molar-refractivity contribution < 1.29 is 14.7 Å². The standard InChI is InChI=1S/C14H20N4O3/c1-21-12-6-9(2-4-11(12)14(15)18-20)7-16-10-3-5-13(19)17-8-10/h2,4,6,10,16,20H,3,5,7-8H2,1H3,(H2,15,18)(H,17,19). The fourth-order valence-corrected chi connectivity index (χ4v) is 2.28. The molecule has 7 heteroatoms. The van der Waals surface area contributed by atoms with E-state index in [0.29, 0.717) is 30.8 Å². The number of nitrogens with two attached hydrogens (primary N) is 1. The van der Waals surface area contributed by atoms with Crippen LogP contribution in [-0.2, 0) is 11.3 Å². The molecule has 1 aromatic carbocycles. The van der Waals surface area contributed by atoms with E-state index < -0.39 is 0 Å². The SMILES string of the molecule is COc1cc(CNC2CCC(=O)NC2)ccc1/C(N)=N/O. The second-order valence-corrected chi connectivity index (χ2v) is 4.94. The molecule has 2 rings (SSSR count). The number of oxime groups is 1. The Bertz CT molecular complexity index is 535. The third-order valence-corrected chi connectivity index (χ3v) is 3.51. The molecular formula is C14H20N4O3. The first kappa shape index (κ1) is 15.1. The van der Waals surface area contributed by atoms with Gasteiger partial charge in [-0.25, -0.2) is 0 Å². The predicted octanol–water partition coefficient (Wildman–Crippen LogP) is 0.158. The monoisotopic (exact) mass is 292 g/mol. The highest BCUT2D eigenvalue weighted by Gasteiger charge is 2.17. The first-order valence-electron chi connectivity index (χ1n) is 6.79. The summed E-state index contributed by atoms with van der Waals surface area (Å²) in [6.45, 7) is 1.31. The van der Waals surface area contributed by atoms with Crippen LogP contribution in [0.1, 0.15) is 24.0 Å². The number of hydrogen-bond acceptors (Lipinski definition) is 5. The van der Waals surface area contributed by atoms with Gasteiger partial charge in [-0.15, -0.1) is 0 Å². The molecular weight excluding hydrogens is 272 g/mol. The molecule has 0 spiro atoms. The van der Waals surface area contributed by atoms with Gasteiger partial charge in [-0.05, 0) is 24.1 Å². The number of piperidine rings is 1. The van der Waals surface area contributed by atoms with Crippen molar-refractivity contribution in [2.75, 3.05) is 13.7 Å². The molecule has 1 saturated heterocycles. The van der Waals surface area contributed by atoms with E-state index >= 15 is 0 Å². The van der Waals surface area contributed by atoms with Gasteiger partial charge in [0.1, 0.15) is 5.75 Å². The Balaban J connectivity index is 1.99. The molecule has 1 fully saturated rings. The average molecular weight is 292 g/mol. The van der Waals surface area contributed by atoms with Crippen molar-refractivity contribution in [3.8, 4) is 5.75 Å². The molecule has 1 aliphatic rings. The highest BCUT2D eigenvalue weighted by atomic mass is 16.5. The quantitative estimate of drug-likeness (QED) is 0.267. The van der Waals surface area contributed by atoms with E-state index in [-0.39, 0.29) is 17.8 Å². The van der Waals surface area contributed by atoms with Crippen LogP contribution in [-0.4, -0.2) is 36.6 Å². The van der Waals surface area contributed by atoms with Gasteiger partial charge in [-0.2, -0.15) is 0 Å². The highest BCUT2D eigenvalue weighted by molar-refractivity contribution is 5.99. The van der Waals surface area contributed by atoms with E-state index in [9.17, 15) is 4.79 Å². The first-order chi connectivity index (χ1) is 10.1. The lowest BCUT2D eigenvalue weighted by atomic mass is 10.1. The number of carbonyl (C=O) groups excluding carboxylic acids is 1. The fourth-order valence-electron chi connectivity index (χ4n) is 2.28. The topological polar surface area (TPSA) is 109 Å². The summed E-state index contributed by atoms with van der Waals surface area (Å²) in [7, 11) is 1.54. The smallest absolute Gasteiger partial charge is 0.220 e. The second-order valence-electron chi connectivity index (χ2n) is 4.94. The molecule has 0 bridgehead atoms. The summed E-state index contributed by atoms with van der Waals surface area (Å²) in [5, 5.41) is 17.9. The summed E-state index contributed by atoms with van der Waals surface area (Å²) in [6.07, 6.45) is 1.40. The van der Waals surface area contributed by atoms with Gasteiger partial charge in [0, 0.05) is 25.6 Å². The van der Waals surface area contributed by atoms with Crippen LogP contribution in [0.2, 0.25) is 0 Å². The summed E-state index contributed by atoms with van der Waals surface area (Å²) in [6, 6.07) is 5.78. The van der Waals surface area contributed by atoms with Gasteiger partial charge in [-0.3, -0.25) is 4.79 Å². The lowest BCUT2D eigenvalue weighted by Gasteiger charge is -2.23. The fraction of sp³-hybridized carbons (Fsp3) is 0.429. The van der Waals surface area contributed by atoms with E-state index in [1.807, 2.05) is 12.1 Å². The molecule has 0 radical (unpaired) electrons. The second kappa shape index (κ2) is 6.94. The Morgan fingerprint density at radius 2 is 2.43 bits per heavy atom. The van der Waals surface area contributed by atoms with Crippen molar-refractivity contribution in [3.63, 3.8) is 0 Å². The molecule has 7 nitrogen and oxygen atoms in total. The van der Waals surface area contributed by atoms with Gasteiger partial charge in [0.2, 0.25) is 5.91 Å². The van der Waals surface area contributed by atoms with Crippen molar-refractivity contribution in [1.29, 1.82) is 0 Å². The van der Waals surface area contributed by atoms with Crippen LogP contribution in [0.5, 0.6) is 5.75 Å². The maximum absolute atomic E-state index is 11.1. The van der Waals surface area contributed by atoms with Gasteiger partial charge in [0.15, 0.2) is 5.84 Å². The van der Waals surface area contributed by atoms with E-state index in [1.54, 1.807) is 6.07 Å². The zero-order valence-corrected chi connectivity index (χ0v) is 11.9. The number of nitrogens with one attached hydrogen (secondary N) is 2. The number of benzene rings is 1. The van der Waals surface area contributed by atoms with Crippen molar-refractivity contribution in [1.82, 2.24) is 10.6 Å². The summed E-state index contributed by atoms with van der Waals surface area (Å²) in [4.78, 5) is 11.1. The minimum absolute atomic E-state index is 0.0151. The molecule has 21 heavy (non-hydrogen) atoms. The zero-order chi connectivity index (χ0) is 15.2. The number of ether oxygens (including phenoxy) is 1. The Morgan fingerprint density at radius 1 is 1.62 bits per heavy atom. The van der Waals surface area contributed by atoms with Gasteiger partial charge < -0.3 is 26.3 Å². The molecule has 0 saturated carbocycles. The Hall–Kier alpha value is -2.28. The molecule has 1 atom stereocenters. The van der Waals surface area contributed by atoms with Crippen LogP contribution in [0.25, 0.3) is 0 Å². The van der Waals surface area contributed by atoms with Crippen LogP contribution in [0.4, 0.5) is 0 Å². The van der Waals surface area contributed by atoms with Crippen molar-refractivity contribution in [2.45, 2.75) is 25.4 Å². The minimum Gasteiger partial charge on any atom is -0.496 e. The van der Waals surface area contributed by atoms with Crippen LogP contribution in [0, 0.1) is 0 Å². The number of hydrogen-bond donors (Lipinski definition) is 4. The third-order valence-electron chi connectivity index (χ3n) is 3.51. The number of nitrogens with zero attached hydrogens (tertiary/aromatic N) is 1. The lowest BCUT2D eigenvalue weighted by molar-refractivity contribution is -0.122. The number of amides is 1. The summed E-state index contributed by atoms with van der Waals surface area (Å²) in [5.74, 6) is 0.681. The van der Waals surface area contributed by atoms with Gasteiger partial charge in [0.05, 0.1) is 12.7 Å².